The maximum Gasteiger partial charge on any atom is 2.00 e. The number of benzene rings is 4. The minimum absolute atomic E-state index is 0. The van der Waals surface area contributed by atoms with E-state index in [1.807, 2.05) is 0 Å². The molecule has 6 aromatic carbocycles. The van der Waals surface area contributed by atoms with Crippen LogP contribution in [0.5, 0.6) is 0 Å². The van der Waals surface area contributed by atoms with Gasteiger partial charge in [0.1, 0.15) is 0 Å². The zero-order chi connectivity index (χ0) is 25.8. The Morgan fingerprint density at radius 3 is 0.923 bits per heavy atom. The van der Waals surface area contributed by atoms with Gasteiger partial charge < -0.3 is 0 Å². The standard InChI is InChI=1S/2C17H15P2.Ti/c2*1-3-7-14(8-4-1)18-16-11-12-17(13-16)19-15-9-5-2-6-10-15;/h2*1-13,18-19H;/q2*-1;+2. The van der Waals surface area contributed by atoms with Gasteiger partial charge in [0, 0.05) is 0 Å². The van der Waals surface area contributed by atoms with Gasteiger partial charge in [-0.25, -0.2) is 0 Å². The molecule has 0 saturated carbocycles. The molecule has 0 fully saturated rings. The monoisotopic (exact) mass is 610 g/mol. The smallest absolute Gasteiger partial charge is 0.198 e. The summed E-state index contributed by atoms with van der Waals surface area (Å²) in [6, 6.07) is 56.5. The van der Waals surface area contributed by atoms with Crippen LogP contribution in [0, 0.1) is 0 Å². The second kappa shape index (κ2) is 16.3. The van der Waals surface area contributed by atoms with Crippen molar-refractivity contribution in [3.63, 3.8) is 0 Å². The molecule has 0 spiro atoms. The third-order valence-corrected chi connectivity index (χ3v) is 10.6. The third kappa shape index (κ3) is 10.2. The normalized spacial score (nSPS) is 11.5. The molecular formula is C34H30P4Ti. The summed E-state index contributed by atoms with van der Waals surface area (Å²) in [7, 11) is 3.05. The van der Waals surface area contributed by atoms with Crippen LogP contribution < -0.4 is 42.4 Å². The summed E-state index contributed by atoms with van der Waals surface area (Å²) in [5.41, 5.74) is 0. The van der Waals surface area contributed by atoms with E-state index in [0.29, 0.717) is 0 Å². The van der Waals surface area contributed by atoms with Gasteiger partial charge in [-0.05, 0) is 21.2 Å². The molecule has 0 nitrogen and oxygen atoms in total. The van der Waals surface area contributed by atoms with Crippen LogP contribution in [0.15, 0.2) is 158 Å². The largest absolute Gasteiger partial charge is 2.00 e. The van der Waals surface area contributed by atoms with E-state index in [2.05, 4.69) is 158 Å². The molecule has 39 heavy (non-hydrogen) atoms. The van der Waals surface area contributed by atoms with Crippen LogP contribution in [-0.4, -0.2) is 0 Å². The van der Waals surface area contributed by atoms with E-state index in [-0.39, 0.29) is 21.7 Å². The molecular weight excluding hydrogens is 580 g/mol. The Kier molecular flexibility index (Phi) is 12.5. The average Bonchev–Trinajstić information content (AvgIpc) is 3.60. The van der Waals surface area contributed by atoms with Gasteiger partial charge in [-0.3, -0.25) is 0 Å². The van der Waals surface area contributed by atoms with E-state index in [1.165, 1.54) is 42.4 Å². The zero-order valence-corrected chi connectivity index (χ0v) is 27.1. The van der Waals surface area contributed by atoms with Gasteiger partial charge in [-0.1, -0.05) is 138 Å². The fraction of sp³-hybridized carbons (Fsp3) is 0. The SMILES string of the molecule is [Ti+2].c1ccc(Pc2c[cH-]c(Pc3ccccc3)c2)cc1.c1ccc(Pc2c[cH-]c(Pc3ccccc3)c2)cc1. The van der Waals surface area contributed by atoms with Crippen molar-refractivity contribution in [1.82, 2.24) is 0 Å². The van der Waals surface area contributed by atoms with Crippen LogP contribution >= 0.6 is 34.3 Å². The first-order valence-electron chi connectivity index (χ1n) is 12.6. The summed E-state index contributed by atoms with van der Waals surface area (Å²) < 4.78 is 0. The molecule has 0 aliphatic carbocycles. The Labute approximate surface area is 254 Å². The van der Waals surface area contributed by atoms with Crippen LogP contribution in [0.1, 0.15) is 0 Å². The molecule has 0 aliphatic heterocycles. The topological polar surface area (TPSA) is 0 Å². The molecule has 0 bridgehead atoms. The van der Waals surface area contributed by atoms with Gasteiger partial charge in [0.15, 0.2) is 0 Å². The fourth-order valence-corrected chi connectivity index (χ4v) is 8.59. The molecule has 4 unspecified atom stereocenters. The first-order valence-corrected chi connectivity index (χ1v) is 16.6. The van der Waals surface area contributed by atoms with Gasteiger partial charge in [0.05, 0.1) is 0 Å². The number of hydrogen-bond donors (Lipinski definition) is 0. The van der Waals surface area contributed by atoms with Crippen LogP contribution in [0.4, 0.5) is 0 Å². The Morgan fingerprint density at radius 2 is 0.615 bits per heavy atom. The molecule has 4 atom stereocenters. The molecule has 190 valence electrons. The Bertz CT molecular complexity index is 1270. The Hall–Kier alpha value is -1.99. The van der Waals surface area contributed by atoms with E-state index >= 15 is 0 Å². The van der Waals surface area contributed by atoms with E-state index in [0.717, 1.165) is 34.3 Å². The molecule has 0 amide bonds. The van der Waals surface area contributed by atoms with E-state index < -0.39 is 0 Å². The summed E-state index contributed by atoms with van der Waals surface area (Å²) in [6.45, 7) is 0. The maximum absolute atomic E-state index is 2.34. The number of hydrogen-bond acceptors (Lipinski definition) is 0. The van der Waals surface area contributed by atoms with Gasteiger partial charge in [-0.2, -0.15) is 47.0 Å². The second-order valence-corrected chi connectivity index (χ2v) is 14.4. The van der Waals surface area contributed by atoms with Crippen molar-refractivity contribution in [2.45, 2.75) is 0 Å². The molecule has 5 heteroatoms. The molecule has 0 aliphatic rings. The Morgan fingerprint density at radius 1 is 0.333 bits per heavy atom. The van der Waals surface area contributed by atoms with Gasteiger partial charge in [0.25, 0.3) is 0 Å². The van der Waals surface area contributed by atoms with Crippen molar-refractivity contribution in [3.8, 4) is 0 Å². The maximum atomic E-state index is 2.34. The molecule has 6 rings (SSSR count). The minimum Gasteiger partial charge on any atom is -0.198 e. The summed E-state index contributed by atoms with van der Waals surface area (Å²) in [4.78, 5) is 0. The molecule has 0 N–H and O–H groups in total. The van der Waals surface area contributed by atoms with Gasteiger partial charge in [0.2, 0.25) is 0 Å². The minimum atomic E-state index is 0. The fourth-order valence-electron chi connectivity index (χ4n) is 3.95. The molecule has 0 radical (unpaired) electrons. The zero-order valence-electron chi connectivity index (χ0n) is 21.5. The molecule has 0 heterocycles. The summed E-state index contributed by atoms with van der Waals surface area (Å²) in [5, 5.41) is 11.4. The van der Waals surface area contributed by atoms with E-state index in [4.69, 9.17) is 0 Å². The van der Waals surface area contributed by atoms with Crippen molar-refractivity contribution in [3.05, 3.63) is 158 Å². The Balaban J connectivity index is 0.000000176. The van der Waals surface area contributed by atoms with Gasteiger partial charge in [-0.15, -0.1) is 27.8 Å². The van der Waals surface area contributed by atoms with E-state index in [9.17, 15) is 0 Å². The van der Waals surface area contributed by atoms with Crippen molar-refractivity contribution in [2.75, 3.05) is 0 Å². The molecule has 0 saturated heterocycles. The first-order chi connectivity index (χ1) is 18.8. The summed E-state index contributed by atoms with van der Waals surface area (Å²) >= 11 is 0. The summed E-state index contributed by atoms with van der Waals surface area (Å²) in [6.07, 6.45) is 0. The second-order valence-electron chi connectivity index (χ2n) is 8.74. The molecule has 6 aromatic rings. The van der Waals surface area contributed by atoms with Crippen LogP contribution in [0.3, 0.4) is 0 Å². The van der Waals surface area contributed by atoms with Crippen LogP contribution in [0.25, 0.3) is 0 Å². The molecule has 0 aromatic heterocycles. The quantitative estimate of drug-likeness (QED) is 0.124. The third-order valence-electron chi connectivity index (χ3n) is 5.76. The van der Waals surface area contributed by atoms with Crippen molar-refractivity contribution in [2.24, 2.45) is 0 Å². The predicted molar refractivity (Wildman–Crippen MR) is 180 cm³/mol. The number of rotatable bonds is 8. The predicted octanol–water partition coefficient (Wildman–Crippen LogP) is 5.33. The van der Waals surface area contributed by atoms with Crippen LogP contribution in [0.2, 0.25) is 0 Å². The first kappa shape index (κ1) is 30.0. The summed E-state index contributed by atoms with van der Waals surface area (Å²) in [5.74, 6) is 0. The average molecular weight is 610 g/mol. The van der Waals surface area contributed by atoms with Crippen LogP contribution in [-0.2, 0) is 21.7 Å². The van der Waals surface area contributed by atoms with Gasteiger partial charge >= 0.3 is 21.7 Å². The van der Waals surface area contributed by atoms with E-state index in [1.54, 1.807) is 0 Å². The van der Waals surface area contributed by atoms with Crippen molar-refractivity contribution in [1.29, 1.82) is 0 Å². The van der Waals surface area contributed by atoms with Crippen molar-refractivity contribution >= 4 is 76.8 Å². The van der Waals surface area contributed by atoms with Crippen molar-refractivity contribution < 1.29 is 21.7 Å².